The first-order valence-electron chi connectivity index (χ1n) is 7.51. The van der Waals surface area contributed by atoms with Gasteiger partial charge in [0.25, 0.3) is 0 Å². The predicted molar refractivity (Wildman–Crippen MR) is 93.3 cm³/mol. The fraction of sp³-hybridized carbons (Fsp3) is 0.278. The van der Waals surface area contributed by atoms with Gasteiger partial charge in [-0.05, 0) is 38.2 Å². The monoisotopic (exact) mass is 313 g/mol. The molecule has 22 heavy (non-hydrogen) atoms. The van der Waals surface area contributed by atoms with Crippen molar-refractivity contribution in [1.29, 1.82) is 0 Å². The Labute approximate surface area is 135 Å². The minimum Gasteiger partial charge on any atom is -0.302 e. The number of fused-ring (bicyclic) bond motifs is 1. The highest BCUT2D eigenvalue weighted by molar-refractivity contribution is 6.32. The third-order valence-corrected chi connectivity index (χ3v) is 4.44. The topological polar surface area (TPSA) is 31.9 Å². The molecule has 0 saturated heterocycles. The minimum absolute atomic E-state index is 0.260. The second kappa shape index (κ2) is 6.11. The van der Waals surface area contributed by atoms with E-state index in [4.69, 9.17) is 11.6 Å². The summed E-state index contributed by atoms with van der Waals surface area (Å²) >= 11 is 6.57. The molecule has 0 spiro atoms. The molecule has 3 aromatic rings. The van der Waals surface area contributed by atoms with Crippen LogP contribution in [0.4, 0.5) is 0 Å². The number of hydrogen-bond acceptors (Lipinski definition) is 2. The molecule has 1 aromatic heterocycles. The van der Waals surface area contributed by atoms with Gasteiger partial charge in [-0.3, -0.25) is 5.10 Å². The molecule has 1 atom stereocenters. The molecule has 0 radical (unpaired) electrons. The fourth-order valence-corrected chi connectivity index (χ4v) is 3.36. The molecule has 1 N–H and O–H groups in total. The first kappa shape index (κ1) is 15.1. The molecule has 0 aliphatic heterocycles. The van der Waals surface area contributed by atoms with Crippen LogP contribution in [0.5, 0.6) is 0 Å². The van der Waals surface area contributed by atoms with E-state index in [2.05, 4.69) is 48.2 Å². The summed E-state index contributed by atoms with van der Waals surface area (Å²) in [6, 6.07) is 14.5. The average Bonchev–Trinajstić information content (AvgIpc) is 2.94. The summed E-state index contributed by atoms with van der Waals surface area (Å²) in [4.78, 5) is 2.21. The van der Waals surface area contributed by atoms with Crippen LogP contribution in [0.1, 0.15) is 24.9 Å². The van der Waals surface area contributed by atoms with E-state index in [0.29, 0.717) is 0 Å². The number of halogens is 1. The maximum absolute atomic E-state index is 6.57. The number of rotatable bonds is 4. The van der Waals surface area contributed by atoms with Gasteiger partial charge in [0.2, 0.25) is 0 Å². The van der Waals surface area contributed by atoms with E-state index in [-0.39, 0.29) is 6.04 Å². The third-order valence-electron chi connectivity index (χ3n) is 4.11. The molecule has 3 nitrogen and oxygen atoms in total. The van der Waals surface area contributed by atoms with Crippen molar-refractivity contribution in [3.8, 4) is 11.3 Å². The smallest absolute Gasteiger partial charge is 0.100 e. The molecular weight excluding hydrogens is 294 g/mol. The summed E-state index contributed by atoms with van der Waals surface area (Å²) in [6.45, 7) is 2.18. The largest absolute Gasteiger partial charge is 0.302 e. The number of nitrogens with one attached hydrogen (secondary N) is 1. The molecule has 0 aliphatic rings. The van der Waals surface area contributed by atoms with Crippen LogP contribution in [-0.4, -0.2) is 29.2 Å². The van der Waals surface area contributed by atoms with Crippen molar-refractivity contribution >= 4 is 22.5 Å². The molecule has 1 unspecified atom stereocenters. The van der Waals surface area contributed by atoms with Gasteiger partial charge in [0, 0.05) is 22.0 Å². The normalized spacial score (nSPS) is 13.0. The Bertz CT molecular complexity index is 778. The number of H-pyrrole nitrogens is 1. The van der Waals surface area contributed by atoms with E-state index in [1.54, 1.807) is 0 Å². The predicted octanol–water partition coefficient (Wildman–Crippen LogP) is 4.90. The van der Waals surface area contributed by atoms with Gasteiger partial charge in [-0.15, -0.1) is 0 Å². The molecular formula is C18H20ClN3. The van der Waals surface area contributed by atoms with Gasteiger partial charge in [0.05, 0.1) is 5.52 Å². The zero-order valence-electron chi connectivity index (χ0n) is 13.1. The Hall–Kier alpha value is -1.84. The van der Waals surface area contributed by atoms with Crippen molar-refractivity contribution in [3.05, 3.63) is 53.1 Å². The molecule has 0 aliphatic carbocycles. The highest BCUT2D eigenvalue weighted by atomic mass is 35.5. The SMILES string of the molecule is CCC(c1c(Cl)ccc2[nH]nc(-c3ccccc3)c12)N(C)C. The lowest BCUT2D eigenvalue weighted by atomic mass is 9.96. The Kier molecular flexibility index (Phi) is 4.19. The Morgan fingerprint density at radius 1 is 1.14 bits per heavy atom. The lowest BCUT2D eigenvalue weighted by Gasteiger charge is -2.25. The second-order valence-corrected chi connectivity index (χ2v) is 6.12. The quantitative estimate of drug-likeness (QED) is 0.743. The average molecular weight is 314 g/mol. The van der Waals surface area contributed by atoms with Crippen LogP contribution >= 0.6 is 11.6 Å². The van der Waals surface area contributed by atoms with Crippen LogP contribution in [0, 0.1) is 0 Å². The van der Waals surface area contributed by atoms with Crippen LogP contribution in [0.15, 0.2) is 42.5 Å². The number of hydrogen-bond donors (Lipinski definition) is 1. The summed E-state index contributed by atoms with van der Waals surface area (Å²) < 4.78 is 0. The van der Waals surface area contributed by atoms with E-state index in [1.807, 2.05) is 30.3 Å². The zero-order valence-corrected chi connectivity index (χ0v) is 13.9. The highest BCUT2D eigenvalue weighted by Gasteiger charge is 2.22. The summed E-state index contributed by atoms with van der Waals surface area (Å²) in [5.41, 5.74) is 4.25. The Morgan fingerprint density at radius 3 is 2.50 bits per heavy atom. The van der Waals surface area contributed by atoms with Crippen molar-refractivity contribution in [2.75, 3.05) is 14.1 Å². The number of aromatic amines is 1. The molecule has 0 bridgehead atoms. The van der Waals surface area contributed by atoms with E-state index >= 15 is 0 Å². The molecule has 0 amide bonds. The number of nitrogens with zero attached hydrogens (tertiary/aromatic N) is 2. The summed E-state index contributed by atoms with van der Waals surface area (Å²) in [7, 11) is 4.18. The van der Waals surface area contributed by atoms with Crippen molar-refractivity contribution in [2.24, 2.45) is 0 Å². The summed E-state index contributed by atoms with van der Waals surface area (Å²) in [5.74, 6) is 0. The second-order valence-electron chi connectivity index (χ2n) is 5.71. The standard InChI is InChI=1S/C18H20ClN3/c1-4-15(22(2)3)16-13(19)10-11-14-17(16)18(21-20-14)12-8-6-5-7-9-12/h5-11,15H,4H2,1-3H3,(H,20,21). The lowest BCUT2D eigenvalue weighted by Crippen LogP contribution is -2.19. The van der Waals surface area contributed by atoms with Gasteiger partial charge in [0.1, 0.15) is 5.69 Å². The van der Waals surface area contributed by atoms with Gasteiger partial charge in [-0.1, -0.05) is 48.9 Å². The number of benzene rings is 2. The van der Waals surface area contributed by atoms with Gasteiger partial charge in [0.15, 0.2) is 0 Å². The van der Waals surface area contributed by atoms with Crippen LogP contribution in [0.3, 0.4) is 0 Å². The summed E-state index contributed by atoms with van der Waals surface area (Å²) in [5, 5.41) is 9.61. The molecule has 1 heterocycles. The van der Waals surface area contributed by atoms with Crippen LogP contribution < -0.4 is 0 Å². The van der Waals surface area contributed by atoms with E-state index in [0.717, 1.165) is 39.2 Å². The zero-order chi connectivity index (χ0) is 15.7. The molecule has 0 saturated carbocycles. The Morgan fingerprint density at radius 2 is 1.86 bits per heavy atom. The number of aromatic nitrogens is 2. The van der Waals surface area contributed by atoms with Crippen molar-refractivity contribution < 1.29 is 0 Å². The fourth-order valence-electron chi connectivity index (χ4n) is 3.07. The maximum atomic E-state index is 6.57. The molecule has 4 heteroatoms. The van der Waals surface area contributed by atoms with Gasteiger partial charge in [-0.25, -0.2) is 0 Å². The Balaban J connectivity index is 2.31. The van der Waals surface area contributed by atoms with Crippen LogP contribution in [-0.2, 0) is 0 Å². The molecule has 114 valence electrons. The molecule has 2 aromatic carbocycles. The maximum Gasteiger partial charge on any atom is 0.100 e. The van der Waals surface area contributed by atoms with Gasteiger partial charge in [-0.2, -0.15) is 5.10 Å². The van der Waals surface area contributed by atoms with Crippen LogP contribution in [0.25, 0.3) is 22.2 Å². The van der Waals surface area contributed by atoms with E-state index < -0.39 is 0 Å². The van der Waals surface area contributed by atoms with Crippen molar-refractivity contribution in [1.82, 2.24) is 15.1 Å². The van der Waals surface area contributed by atoms with Gasteiger partial charge >= 0.3 is 0 Å². The summed E-state index contributed by atoms with van der Waals surface area (Å²) in [6.07, 6.45) is 0.991. The van der Waals surface area contributed by atoms with Crippen molar-refractivity contribution in [3.63, 3.8) is 0 Å². The molecule has 0 fully saturated rings. The first-order valence-corrected chi connectivity index (χ1v) is 7.89. The molecule has 3 rings (SSSR count). The van der Waals surface area contributed by atoms with Gasteiger partial charge < -0.3 is 4.90 Å². The van der Waals surface area contributed by atoms with E-state index in [9.17, 15) is 0 Å². The minimum atomic E-state index is 0.260. The van der Waals surface area contributed by atoms with E-state index in [1.165, 1.54) is 0 Å². The van der Waals surface area contributed by atoms with Crippen LogP contribution in [0.2, 0.25) is 5.02 Å². The lowest BCUT2D eigenvalue weighted by molar-refractivity contribution is 0.294. The highest BCUT2D eigenvalue weighted by Crippen LogP contribution is 2.39. The third kappa shape index (κ3) is 2.51. The first-order chi connectivity index (χ1) is 10.6. The van der Waals surface area contributed by atoms with Crippen molar-refractivity contribution in [2.45, 2.75) is 19.4 Å².